The van der Waals surface area contributed by atoms with Crippen molar-refractivity contribution in [3.8, 4) is 0 Å². The third-order valence-electron chi connectivity index (χ3n) is 4.78. The van der Waals surface area contributed by atoms with Crippen LogP contribution in [0.1, 0.15) is 41.0 Å². The molecule has 1 N–H and O–H groups in total. The van der Waals surface area contributed by atoms with Crippen molar-refractivity contribution in [2.75, 3.05) is 13.1 Å². The van der Waals surface area contributed by atoms with E-state index in [1.54, 1.807) is 12.2 Å². The zero-order valence-electron chi connectivity index (χ0n) is 15.1. The molecule has 0 bridgehead atoms. The van der Waals surface area contributed by atoms with Crippen LogP contribution >= 0.6 is 0 Å². The van der Waals surface area contributed by atoms with E-state index in [2.05, 4.69) is 10.2 Å². The smallest absolute Gasteiger partial charge is 0.250 e. The van der Waals surface area contributed by atoms with Crippen LogP contribution in [0, 0.1) is 0 Å². The summed E-state index contributed by atoms with van der Waals surface area (Å²) in [5.41, 5.74) is 0.717. The Labute approximate surface area is 143 Å². The van der Waals surface area contributed by atoms with E-state index in [1.165, 1.54) is 0 Å². The molecule has 3 aliphatic heterocycles. The summed E-state index contributed by atoms with van der Waals surface area (Å²) in [5.74, 6) is 0.738. The van der Waals surface area contributed by atoms with Crippen molar-refractivity contribution in [1.82, 2.24) is 15.1 Å². The lowest BCUT2D eigenvalue weighted by atomic mass is 10.1. The largest absolute Gasteiger partial charge is 0.490 e. The van der Waals surface area contributed by atoms with Crippen molar-refractivity contribution < 1.29 is 14.3 Å². The summed E-state index contributed by atoms with van der Waals surface area (Å²) >= 11 is 0. The number of likely N-dealkylation sites (tertiary alicyclic amines) is 1. The first-order valence-electron chi connectivity index (χ1n) is 8.65. The Balaban J connectivity index is 1.68. The van der Waals surface area contributed by atoms with Gasteiger partial charge in [-0.1, -0.05) is 0 Å². The van der Waals surface area contributed by atoms with E-state index < -0.39 is 0 Å². The number of amides is 2. The maximum Gasteiger partial charge on any atom is 0.250 e. The first kappa shape index (κ1) is 16.9. The minimum Gasteiger partial charge on any atom is -0.490 e. The number of nitrogens with one attached hydrogen (secondary N) is 1. The van der Waals surface area contributed by atoms with Gasteiger partial charge in [0.2, 0.25) is 5.91 Å². The lowest BCUT2D eigenvalue weighted by Crippen LogP contribution is -2.44. The van der Waals surface area contributed by atoms with Crippen LogP contribution in [0.25, 0.3) is 0 Å². The quantitative estimate of drug-likeness (QED) is 0.848. The van der Waals surface area contributed by atoms with Crippen LogP contribution in [0.2, 0.25) is 0 Å². The zero-order chi connectivity index (χ0) is 17.6. The van der Waals surface area contributed by atoms with Gasteiger partial charge in [-0.3, -0.25) is 9.59 Å². The lowest BCUT2D eigenvalue weighted by molar-refractivity contribution is -0.128. The standard InChI is InChI=1S/C18H27N3O3/c1-11-14(8-16(22)19-11)20-7-6-13(10-20)21-12(2)15(9-17(21)23)24-18(3,4)5/h8-9,11-13H,6-7,10H2,1-5H3,(H,19,22). The van der Waals surface area contributed by atoms with E-state index in [-0.39, 0.29) is 35.5 Å². The number of carbonyl (C=O) groups is 2. The Bertz CT molecular complexity index is 617. The second-order valence-electron chi connectivity index (χ2n) is 7.87. The molecule has 0 aromatic heterocycles. The van der Waals surface area contributed by atoms with Crippen LogP contribution in [0.5, 0.6) is 0 Å². The highest BCUT2D eigenvalue weighted by atomic mass is 16.5. The molecular formula is C18H27N3O3. The van der Waals surface area contributed by atoms with Gasteiger partial charge >= 0.3 is 0 Å². The van der Waals surface area contributed by atoms with Crippen molar-refractivity contribution in [2.45, 2.75) is 64.8 Å². The molecule has 1 saturated heterocycles. The van der Waals surface area contributed by atoms with Crippen LogP contribution in [-0.4, -0.2) is 58.4 Å². The van der Waals surface area contributed by atoms with Crippen molar-refractivity contribution in [1.29, 1.82) is 0 Å². The maximum absolute atomic E-state index is 12.5. The molecule has 24 heavy (non-hydrogen) atoms. The topological polar surface area (TPSA) is 61.9 Å². The monoisotopic (exact) mass is 333 g/mol. The molecule has 3 unspecified atom stereocenters. The van der Waals surface area contributed by atoms with Gasteiger partial charge in [-0.15, -0.1) is 0 Å². The Morgan fingerprint density at radius 2 is 1.92 bits per heavy atom. The average Bonchev–Trinajstić information content (AvgIpc) is 3.09. The van der Waals surface area contributed by atoms with Crippen molar-refractivity contribution in [3.05, 3.63) is 23.6 Å². The highest BCUT2D eigenvalue weighted by molar-refractivity contribution is 5.92. The minimum absolute atomic E-state index is 0.0243. The van der Waals surface area contributed by atoms with Crippen LogP contribution in [-0.2, 0) is 14.3 Å². The van der Waals surface area contributed by atoms with Crippen LogP contribution in [0.15, 0.2) is 23.6 Å². The van der Waals surface area contributed by atoms with Gasteiger partial charge in [-0.25, -0.2) is 0 Å². The molecule has 0 aliphatic carbocycles. The molecule has 0 spiro atoms. The van der Waals surface area contributed by atoms with Gasteiger partial charge in [-0.2, -0.15) is 0 Å². The van der Waals surface area contributed by atoms with Gasteiger partial charge < -0.3 is 19.9 Å². The number of nitrogens with zero attached hydrogens (tertiary/aromatic N) is 2. The van der Waals surface area contributed by atoms with Crippen molar-refractivity contribution >= 4 is 11.8 Å². The Hall–Kier alpha value is -1.98. The number of rotatable bonds is 3. The highest BCUT2D eigenvalue weighted by Gasteiger charge is 2.41. The number of hydrogen-bond acceptors (Lipinski definition) is 4. The van der Waals surface area contributed by atoms with Gasteiger partial charge in [0.25, 0.3) is 5.91 Å². The molecule has 2 amide bonds. The summed E-state index contributed by atoms with van der Waals surface area (Å²) < 4.78 is 5.95. The zero-order valence-corrected chi connectivity index (χ0v) is 15.1. The van der Waals surface area contributed by atoms with E-state index in [0.717, 1.165) is 31.0 Å². The second-order valence-corrected chi connectivity index (χ2v) is 7.87. The number of ether oxygens (including phenoxy) is 1. The lowest BCUT2D eigenvalue weighted by Gasteiger charge is -2.32. The first-order chi connectivity index (χ1) is 11.2. The highest BCUT2D eigenvalue weighted by Crippen LogP contribution is 2.31. The van der Waals surface area contributed by atoms with Gasteiger partial charge in [0.1, 0.15) is 11.4 Å². The predicted molar refractivity (Wildman–Crippen MR) is 90.9 cm³/mol. The maximum atomic E-state index is 12.5. The van der Waals surface area contributed by atoms with Gasteiger partial charge in [0, 0.05) is 30.9 Å². The Kier molecular flexibility index (Phi) is 4.10. The number of hydrogen-bond donors (Lipinski definition) is 1. The van der Waals surface area contributed by atoms with E-state index in [4.69, 9.17) is 4.74 Å². The van der Waals surface area contributed by atoms with Crippen LogP contribution in [0.3, 0.4) is 0 Å². The van der Waals surface area contributed by atoms with Crippen LogP contribution < -0.4 is 5.32 Å². The molecule has 132 valence electrons. The fourth-order valence-electron chi connectivity index (χ4n) is 3.77. The minimum atomic E-state index is -0.311. The number of carbonyl (C=O) groups excluding carboxylic acids is 2. The summed E-state index contributed by atoms with van der Waals surface area (Å²) in [6.45, 7) is 11.6. The van der Waals surface area contributed by atoms with Crippen LogP contribution in [0.4, 0.5) is 0 Å². The Morgan fingerprint density at radius 3 is 2.50 bits per heavy atom. The molecule has 3 aliphatic rings. The Morgan fingerprint density at radius 1 is 1.21 bits per heavy atom. The normalized spacial score (nSPS) is 30.6. The average molecular weight is 333 g/mol. The van der Waals surface area contributed by atoms with Gasteiger partial charge in [0.05, 0.1) is 18.1 Å². The third-order valence-corrected chi connectivity index (χ3v) is 4.78. The molecule has 0 saturated carbocycles. The summed E-state index contributed by atoms with van der Waals surface area (Å²) in [7, 11) is 0. The molecule has 3 rings (SSSR count). The first-order valence-corrected chi connectivity index (χ1v) is 8.65. The third kappa shape index (κ3) is 3.14. The van der Waals surface area contributed by atoms with E-state index in [9.17, 15) is 9.59 Å². The fourth-order valence-corrected chi connectivity index (χ4v) is 3.77. The molecule has 0 radical (unpaired) electrons. The molecule has 3 atom stereocenters. The van der Waals surface area contributed by atoms with Gasteiger partial charge in [-0.05, 0) is 41.0 Å². The SMILES string of the molecule is CC1NC(=O)C=C1N1CCC(N2C(=O)C=C(OC(C)(C)C)C2C)C1. The van der Waals surface area contributed by atoms with Crippen molar-refractivity contribution in [3.63, 3.8) is 0 Å². The van der Waals surface area contributed by atoms with E-state index in [1.807, 2.05) is 39.5 Å². The molecule has 0 aromatic rings. The molecule has 3 heterocycles. The summed E-state index contributed by atoms with van der Waals surface area (Å²) in [6.07, 6.45) is 4.21. The van der Waals surface area contributed by atoms with E-state index >= 15 is 0 Å². The summed E-state index contributed by atoms with van der Waals surface area (Å²) in [6, 6.07) is 0.144. The molecule has 6 heteroatoms. The second kappa shape index (κ2) is 5.83. The van der Waals surface area contributed by atoms with E-state index in [0.29, 0.717) is 0 Å². The van der Waals surface area contributed by atoms with Gasteiger partial charge in [0.15, 0.2) is 0 Å². The molecular weight excluding hydrogens is 306 g/mol. The predicted octanol–water partition coefficient (Wildman–Crippen LogP) is 1.39. The molecule has 0 aromatic carbocycles. The molecule has 1 fully saturated rings. The molecule has 6 nitrogen and oxygen atoms in total. The fraction of sp³-hybridized carbons (Fsp3) is 0.667. The van der Waals surface area contributed by atoms with Crippen molar-refractivity contribution in [2.24, 2.45) is 0 Å². The summed E-state index contributed by atoms with van der Waals surface area (Å²) in [5, 5.41) is 2.89. The summed E-state index contributed by atoms with van der Waals surface area (Å²) in [4.78, 5) is 28.2.